The van der Waals surface area contributed by atoms with Crippen LogP contribution in [-0.4, -0.2) is 22.0 Å². The molecule has 2 aliphatic carbocycles. The minimum absolute atomic E-state index is 0.0178. The zero-order chi connectivity index (χ0) is 20.7. The molecule has 2 N–H and O–H groups in total. The van der Waals surface area contributed by atoms with E-state index in [1.165, 1.54) is 5.56 Å². The van der Waals surface area contributed by atoms with Gasteiger partial charge in [-0.3, -0.25) is 9.59 Å². The fourth-order valence-corrected chi connectivity index (χ4v) is 6.57. The molecule has 0 spiro atoms. The highest BCUT2D eigenvalue weighted by Gasteiger charge is 2.51. The summed E-state index contributed by atoms with van der Waals surface area (Å²) in [4.78, 5) is 29.2. The first kappa shape index (κ1) is 19.3. The summed E-state index contributed by atoms with van der Waals surface area (Å²) in [6.45, 7) is 0. The Hall–Kier alpha value is -2.64. The van der Waals surface area contributed by atoms with Crippen LogP contribution in [0.25, 0.3) is 10.2 Å². The molecule has 2 bridgehead atoms. The van der Waals surface area contributed by atoms with Crippen molar-refractivity contribution in [2.75, 3.05) is 5.32 Å². The maximum Gasteiger partial charge on any atom is 0.307 e. The quantitative estimate of drug-likeness (QED) is 0.418. The molecule has 1 aromatic heterocycles. The SMILES string of the molecule is O=C(O)[C@@H]1[C@H](C(=O)Nc2ccc3nc(SCc4ccccc4)sc3c2)[C@H]2C=C[C@H]1C2. The van der Waals surface area contributed by atoms with Gasteiger partial charge in [-0.15, -0.1) is 11.3 Å². The predicted molar refractivity (Wildman–Crippen MR) is 120 cm³/mol. The molecule has 5 nitrogen and oxygen atoms in total. The topological polar surface area (TPSA) is 79.3 Å². The summed E-state index contributed by atoms with van der Waals surface area (Å²) >= 11 is 3.30. The lowest BCUT2D eigenvalue weighted by atomic mass is 9.82. The van der Waals surface area contributed by atoms with Gasteiger partial charge in [0.2, 0.25) is 5.91 Å². The molecule has 1 heterocycles. The number of carboxylic acid groups (broad SMARTS) is 1. The van der Waals surface area contributed by atoms with Crippen molar-refractivity contribution in [2.45, 2.75) is 16.5 Å². The molecule has 1 amide bonds. The van der Waals surface area contributed by atoms with Crippen molar-refractivity contribution in [3.05, 3.63) is 66.2 Å². The zero-order valence-electron chi connectivity index (χ0n) is 16.0. The number of benzene rings is 2. The van der Waals surface area contributed by atoms with Gasteiger partial charge in [0.15, 0.2) is 4.34 Å². The van der Waals surface area contributed by atoms with E-state index in [0.29, 0.717) is 5.69 Å². The van der Waals surface area contributed by atoms with Crippen molar-refractivity contribution in [2.24, 2.45) is 23.7 Å². The molecule has 0 saturated heterocycles. The number of aromatic nitrogens is 1. The third-order valence-corrected chi connectivity index (χ3v) is 8.12. The number of allylic oxidation sites excluding steroid dienone is 2. The number of amides is 1. The van der Waals surface area contributed by atoms with Crippen LogP contribution in [0.3, 0.4) is 0 Å². The maximum absolute atomic E-state index is 12.9. The summed E-state index contributed by atoms with van der Waals surface area (Å²) < 4.78 is 1.99. The van der Waals surface area contributed by atoms with Crippen molar-refractivity contribution in [1.82, 2.24) is 4.98 Å². The Kier molecular flexibility index (Phi) is 5.08. The fraction of sp³-hybridized carbons (Fsp3) is 0.261. The molecule has 0 unspecified atom stereocenters. The molecule has 5 rings (SSSR count). The van der Waals surface area contributed by atoms with Crippen LogP contribution in [0.4, 0.5) is 5.69 Å². The second kappa shape index (κ2) is 7.89. The van der Waals surface area contributed by atoms with Gasteiger partial charge in [-0.05, 0) is 42.0 Å². The molecule has 3 aromatic rings. The highest BCUT2D eigenvalue weighted by atomic mass is 32.2. The molecule has 152 valence electrons. The number of carboxylic acids is 1. The lowest BCUT2D eigenvalue weighted by Gasteiger charge is -2.23. The largest absolute Gasteiger partial charge is 0.481 e. The summed E-state index contributed by atoms with van der Waals surface area (Å²) in [5, 5.41) is 12.5. The summed E-state index contributed by atoms with van der Waals surface area (Å²) in [7, 11) is 0. The molecule has 7 heteroatoms. The summed E-state index contributed by atoms with van der Waals surface area (Å²) in [6.07, 6.45) is 4.70. The number of fused-ring (bicyclic) bond motifs is 3. The average Bonchev–Trinajstić information content (AvgIpc) is 3.46. The van der Waals surface area contributed by atoms with Crippen molar-refractivity contribution in [1.29, 1.82) is 0 Å². The van der Waals surface area contributed by atoms with E-state index >= 15 is 0 Å². The Balaban J connectivity index is 1.30. The van der Waals surface area contributed by atoms with Crippen molar-refractivity contribution in [3.8, 4) is 0 Å². The van der Waals surface area contributed by atoms with Gasteiger partial charge >= 0.3 is 5.97 Å². The number of thiazole rings is 1. The van der Waals surface area contributed by atoms with E-state index in [9.17, 15) is 14.7 Å². The smallest absolute Gasteiger partial charge is 0.307 e. The molecule has 0 aliphatic heterocycles. The minimum atomic E-state index is -0.884. The maximum atomic E-state index is 12.9. The molecule has 2 aromatic carbocycles. The predicted octanol–water partition coefficient (Wildman–Crippen LogP) is 5.05. The molecule has 0 radical (unpaired) electrons. The first-order valence-electron chi connectivity index (χ1n) is 9.88. The number of hydrogen-bond donors (Lipinski definition) is 2. The van der Waals surface area contributed by atoms with Crippen molar-refractivity contribution < 1.29 is 14.7 Å². The standard InChI is InChI=1S/C23H20N2O3S2/c26-21(19-14-6-7-15(10-14)20(19)22(27)28)24-16-8-9-17-18(11-16)30-23(25-17)29-12-13-4-2-1-3-5-13/h1-9,11,14-15,19-20H,10,12H2,(H,24,26)(H,27,28)/t14-,15-,19+,20-/m0/s1. The normalized spacial score (nSPS) is 24.4. The Labute approximate surface area is 182 Å². The van der Waals surface area contributed by atoms with Gasteiger partial charge < -0.3 is 10.4 Å². The molecule has 2 aliphatic rings. The van der Waals surface area contributed by atoms with Crippen LogP contribution in [0, 0.1) is 23.7 Å². The number of carbonyl (C=O) groups is 2. The van der Waals surface area contributed by atoms with Gasteiger partial charge in [-0.25, -0.2) is 4.98 Å². The first-order valence-corrected chi connectivity index (χ1v) is 11.7. The minimum Gasteiger partial charge on any atom is -0.481 e. The Morgan fingerprint density at radius 3 is 2.63 bits per heavy atom. The number of rotatable bonds is 6. The van der Waals surface area contributed by atoms with Crippen LogP contribution in [0.2, 0.25) is 0 Å². The van der Waals surface area contributed by atoms with E-state index < -0.39 is 17.8 Å². The zero-order valence-corrected chi connectivity index (χ0v) is 17.7. The number of aliphatic carboxylic acids is 1. The first-order chi connectivity index (χ1) is 14.6. The van der Waals surface area contributed by atoms with Crippen molar-refractivity contribution in [3.63, 3.8) is 0 Å². The van der Waals surface area contributed by atoms with E-state index in [1.54, 1.807) is 23.1 Å². The van der Waals surface area contributed by atoms with Crippen LogP contribution < -0.4 is 5.32 Å². The van der Waals surface area contributed by atoms with E-state index in [1.807, 2.05) is 48.6 Å². The summed E-state index contributed by atoms with van der Waals surface area (Å²) in [5.74, 6) is -1.38. The van der Waals surface area contributed by atoms with Crippen LogP contribution in [-0.2, 0) is 15.3 Å². The molecular formula is C23H20N2O3S2. The van der Waals surface area contributed by atoms with Crippen LogP contribution in [0.1, 0.15) is 12.0 Å². The van der Waals surface area contributed by atoms with Crippen molar-refractivity contribution >= 4 is 50.9 Å². The highest BCUT2D eigenvalue weighted by molar-refractivity contribution is 8.00. The second-order valence-electron chi connectivity index (χ2n) is 7.76. The molecule has 1 fully saturated rings. The highest BCUT2D eigenvalue weighted by Crippen LogP contribution is 2.48. The number of anilines is 1. The number of nitrogens with zero attached hydrogens (tertiary/aromatic N) is 1. The lowest BCUT2D eigenvalue weighted by Crippen LogP contribution is -2.36. The van der Waals surface area contributed by atoms with Gasteiger partial charge in [-0.1, -0.05) is 54.2 Å². The van der Waals surface area contributed by atoms with E-state index in [2.05, 4.69) is 22.4 Å². The van der Waals surface area contributed by atoms with Crippen LogP contribution in [0.15, 0.2) is 65.0 Å². The number of hydrogen-bond acceptors (Lipinski definition) is 5. The third-order valence-electron chi connectivity index (χ3n) is 5.89. The summed E-state index contributed by atoms with van der Waals surface area (Å²) in [5.41, 5.74) is 2.84. The molecular weight excluding hydrogens is 416 g/mol. The number of nitrogens with one attached hydrogen (secondary N) is 1. The lowest BCUT2D eigenvalue weighted by molar-refractivity contribution is -0.146. The molecule has 1 saturated carbocycles. The van der Waals surface area contributed by atoms with E-state index in [-0.39, 0.29) is 17.7 Å². The third kappa shape index (κ3) is 3.63. The Morgan fingerprint density at radius 1 is 1.10 bits per heavy atom. The summed E-state index contributed by atoms with van der Waals surface area (Å²) in [6, 6.07) is 15.9. The van der Waals surface area contributed by atoms with E-state index in [0.717, 1.165) is 26.7 Å². The Bertz CT molecular complexity index is 1140. The average molecular weight is 437 g/mol. The van der Waals surface area contributed by atoms with Gasteiger partial charge in [0.05, 0.1) is 22.1 Å². The number of thioether (sulfide) groups is 1. The molecule has 30 heavy (non-hydrogen) atoms. The second-order valence-corrected chi connectivity index (χ2v) is 10.0. The van der Waals surface area contributed by atoms with Gasteiger partial charge in [-0.2, -0.15) is 0 Å². The van der Waals surface area contributed by atoms with E-state index in [4.69, 9.17) is 0 Å². The fourth-order valence-electron chi connectivity index (χ4n) is 4.50. The van der Waals surface area contributed by atoms with Crippen LogP contribution in [0.5, 0.6) is 0 Å². The van der Waals surface area contributed by atoms with Gasteiger partial charge in [0.1, 0.15) is 0 Å². The molecule has 4 atom stereocenters. The number of carbonyl (C=O) groups excluding carboxylic acids is 1. The van der Waals surface area contributed by atoms with Gasteiger partial charge in [0.25, 0.3) is 0 Å². The van der Waals surface area contributed by atoms with Crippen LogP contribution >= 0.6 is 23.1 Å². The van der Waals surface area contributed by atoms with Gasteiger partial charge in [0, 0.05) is 11.4 Å². The monoisotopic (exact) mass is 436 g/mol. The Morgan fingerprint density at radius 2 is 1.87 bits per heavy atom.